The summed E-state index contributed by atoms with van der Waals surface area (Å²) in [7, 11) is 0. The van der Waals surface area contributed by atoms with E-state index in [1.165, 1.54) is 6.92 Å². The van der Waals surface area contributed by atoms with Crippen molar-refractivity contribution in [1.29, 1.82) is 0 Å². The van der Waals surface area contributed by atoms with Crippen molar-refractivity contribution in [1.82, 2.24) is 0 Å². The minimum absolute atomic E-state index is 0.00535. The number of halogens is 1. The fourth-order valence-electron chi connectivity index (χ4n) is 4.07. The molecule has 0 radical (unpaired) electrons. The van der Waals surface area contributed by atoms with Gasteiger partial charge >= 0.3 is 5.97 Å². The molecule has 36 heavy (non-hydrogen) atoms. The van der Waals surface area contributed by atoms with Crippen molar-refractivity contribution in [3.8, 4) is 0 Å². The molecule has 0 amide bonds. The van der Waals surface area contributed by atoms with Gasteiger partial charge in [0.05, 0.1) is 19.8 Å². The fraction of sp³-hybridized carbons (Fsp3) is 0.345. The molecule has 1 saturated heterocycles. The van der Waals surface area contributed by atoms with E-state index in [1.54, 1.807) is 0 Å². The molecule has 0 aromatic heterocycles. The van der Waals surface area contributed by atoms with Crippen LogP contribution in [0.5, 0.6) is 0 Å². The summed E-state index contributed by atoms with van der Waals surface area (Å²) >= 11 is 6.69. The topological polar surface area (TPSA) is 63.2 Å². The van der Waals surface area contributed by atoms with Crippen LogP contribution in [0, 0.1) is 0 Å². The third-order valence-corrected chi connectivity index (χ3v) is 6.24. The summed E-state index contributed by atoms with van der Waals surface area (Å²) in [5.41, 5.74) is 2.19. The van der Waals surface area contributed by atoms with Gasteiger partial charge in [-0.05, 0) is 16.7 Å². The summed E-state index contributed by atoms with van der Waals surface area (Å²) in [6, 6.07) is 29.5. The zero-order valence-electron chi connectivity index (χ0n) is 20.2. The van der Waals surface area contributed by atoms with Crippen LogP contribution in [0.25, 0.3) is 0 Å². The number of hydrogen-bond donors (Lipinski definition) is 0. The molecule has 0 N–H and O–H groups in total. The standard InChI is InChI=1S/C29H31ClO6/c1-21(31)32-20-25-26(33-17-22-11-5-2-6-12-22)27(34-18-23-13-7-3-8-14-23)28(29(30)36-25)35-19-24-15-9-4-10-16-24/h2-16,25-29H,17-20H2,1H3/t25-,26-,27+,28+,29+/m1/s1. The summed E-state index contributed by atoms with van der Waals surface area (Å²) < 4.78 is 30.4. The minimum Gasteiger partial charge on any atom is -0.463 e. The summed E-state index contributed by atoms with van der Waals surface area (Å²) in [6.45, 7) is 2.36. The fourth-order valence-corrected chi connectivity index (χ4v) is 4.41. The largest absolute Gasteiger partial charge is 0.463 e. The molecule has 7 heteroatoms. The number of hydrogen-bond acceptors (Lipinski definition) is 6. The van der Waals surface area contributed by atoms with Gasteiger partial charge in [0.15, 0.2) is 5.56 Å². The van der Waals surface area contributed by atoms with Gasteiger partial charge in [-0.15, -0.1) is 0 Å². The van der Waals surface area contributed by atoms with E-state index in [9.17, 15) is 4.79 Å². The van der Waals surface area contributed by atoms with Gasteiger partial charge < -0.3 is 23.7 Å². The van der Waals surface area contributed by atoms with Crippen LogP contribution in [0.3, 0.4) is 0 Å². The van der Waals surface area contributed by atoms with E-state index in [-0.39, 0.29) is 6.61 Å². The molecule has 1 fully saturated rings. The summed E-state index contributed by atoms with van der Waals surface area (Å²) in [6.07, 6.45) is -2.42. The number of benzene rings is 3. The molecule has 0 spiro atoms. The Kier molecular flexibility index (Phi) is 9.90. The Balaban J connectivity index is 1.57. The zero-order valence-corrected chi connectivity index (χ0v) is 21.0. The van der Waals surface area contributed by atoms with Crippen molar-refractivity contribution in [3.05, 3.63) is 108 Å². The molecule has 0 unspecified atom stereocenters. The number of carbonyl (C=O) groups excluding carboxylic acids is 1. The lowest BCUT2D eigenvalue weighted by Gasteiger charge is -2.44. The highest BCUT2D eigenvalue weighted by Gasteiger charge is 2.48. The molecule has 5 atom stereocenters. The molecule has 0 saturated carbocycles. The van der Waals surface area contributed by atoms with Crippen molar-refractivity contribution in [3.63, 3.8) is 0 Å². The number of alkyl halides is 1. The van der Waals surface area contributed by atoms with Gasteiger partial charge in [-0.2, -0.15) is 0 Å². The van der Waals surface area contributed by atoms with Crippen LogP contribution in [0.1, 0.15) is 23.6 Å². The van der Waals surface area contributed by atoms with E-state index in [1.807, 2.05) is 91.0 Å². The molecule has 3 aromatic rings. The molecular weight excluding hydrogens is 480 g/mol. The van der Waals surface area contributed by atoms with E-state index in [0.717, 1.165) is 16.7 Å². The van der Waals surface area contributed by atoms with E-state index in [2.05, 4.69) is 0 Å². The Morgan fingerprint density at radius 1 is 0.694 bits per heavy atom. The predicted molar refractivity (Wildman–Crippen MR) is 136 cm³/mol. The molecule has 4 rings (SSSR count). The Labute approximate surface area is 217 Å². The molecule has 1 aliphatic rings. The van der Waals surface area contributed by atoms with Gasteiger partial charge in [0.2, 0.25) is 0 Å². The van der Waals surface area contributed by atoms with Crippen molar-refractivity contribution < 1.29 is 28.5 Å². The van der Waals surface area contributed by atoms with Crippen LogP contribution >= 0.6 is 11.6 Å². The van der Waals surface area contributed by atoms with Gasteiger partial charge in [-0.3, -0.25) is 4.79 Å². The van der Waals surface area contributed by atoms with Crippen LogP contribution in [-0.4, -0.2) is 42.6 Å². The average Bonchev–Trinajstić information content (AvgIpc) is 2.91. The first-order chi connectivity index (χ1) is 17.6. The van der Waals surface area contributed by atoms with Crippen molar-refractivity contribution in [2.24, 2.45) is 0 Å². The number of rotatable bonds is 11. The molecule has 1 heterocycles. The predicted octanol–water partition coefficient (Wildman–Crippen LogP) is 5.27. The molecule has 190 valence electrons. The minimum atomic E-state index is -0.827. The highest BCUT2D eigenvalue weighted by atomic mass is 35.5. The summed E-state index contributed by atoms with van der Waals surface area (Å²) in [4.78, 5) is 11.6. The Hall–Kier alpha value is -2.74. The van der Waals surface area contributed by atoms with E-state index in [4.69, 9.17) is 35.3 Å². The molecule has 0 bridgehead atoms. The van der Waals surface area contributed by atoms with Gasteiger partial charge in [-0.25, -0.2) is 0 Å². The van der Waals surface area contributed by atoms with E-state index >= 15 is 0 Å². The first-order valence-electron chi connectivity index (χ1n) is 12.0. The normalized spacial score (nSPS) is 23.8. The second-order valence-electron chi connectivity index (χ2n) is 8.61. The van der Waals surface area contributed by atoms with Crippen molar-refractivity contribution in [2.45, 2.75) is 56.7 Å². The maximum absolute atomic E-state index is 11.6. The lowest BCUT2D eigenvalue weighted by Crippen LogP contribution is -2.59. The molecule has 3 aromatic carbocycles. The molecule has 0 aliphatic carbocycles. The smallest absolute Gasteiger partial charge is 0.302 e. The average molecular weight is 511 g/mol. The highest BCUT2D eigenvalue weighted by Crippen LogP contribution is 2.32. The van der Waals surface area contributed by atoms with E-state index < -0.39 is 35.9 Å². The summed E-state index contributed by atoms with van der Waals surface area (Å²) in [5.74, 6) is -0.407. The Morgan fingerprint density at radius 3 is 1.56 bits per heavy atom. The lowest BCUT2D eigenvalue weighted by molar-refractivity contribution is -0.255. The quantitative estimate of drug-likeness (QED) is 0.259. The lowest BCUT2D eigenvalue weighted by atomic mass is 9.99. The third-order valence-electron chi connectivity index (χ3n) is 5.88. The molecule has 1 aliphatic heterocycles. The van der Waals surface area contributed by atoms with Crippen LogP contribution in [0.4, 0.5) is 0 Å². The highest BCUT2D eigenvalue weighted by molar-refractivity contribution is 6.20. The monoisotopic (exact) mass is 510 g/mol. The maximum atomic E-state index is 11.6. The second kappa shape index (κ2) is 13.5. The number of ether oxygens (including phenoxy) is 5. The van der Waals surface area contributed by atoms with Crippen LogP contribution in [0.15, 0.2) is 91.0 Å². The van der Waals surface area contributed by atoms with Crippen molar-refractivity contribution in [2.75, 3.05) is 6.61 Å². The molecular formula is C29H31ClO6. The van der Waals surface area contributed by atoms with Gasteiger partial charge in [0.25, 0.3) is 0 Å². The SMILES string of the molecule is CC(=O)OC[C@H]1O[C@H](Cl)[C@@H](OCc2ccccc2)[C@@H](OCc2ccccc2)[C@@H]1OCc1ccccc1. The van der Waals surface area contributed by atoms with Crippen LogP contribution in [-0.2, 0) is 48.3 Å². The first kappa shape index (κ1) is 26.3. The van der Waals surface area contributed by atoms with Crippen LogP contribution < -0.4 is 0 Å². The molecule has 6 nitrogen and oxygen atoms in total. The first-order valence-corrected chi connectivity index (χ1v) is 12.4. The van der Waals surface area contributed by atoms with Crippen molar-refractivity contribution >= 4 is 17.6 Å². The Morgan fingerprint density at radius 2 is 1.11 bits per heavy atom. The summed E-state index contributed by atoms with van der Waals surface area (Å²) in [5, 5.41) is 0. The van der Waals surface area contributed by atoms with Gasteiger partial charge in [0.1, 0.15) is 31.0 Å². The van der Waals surface area contributed by atoms with Gasteiger partial charge in [-0.1, -0.05) is 103 Å². The Bertz CT molecular complexity index is 1050. The van der Waals surface area contributed by atoms with E-state index in [0.29, 0.717) is 19.8 Å². The maximum Gasteiger partial charge on any atom is 0.302 e. The van der Waals surface area contributed by atoms with Gasteiger partial charge in [0, 0.05) is 6.92 Å². The third kappa shape index (κ3) is 7.63. The second-order valence-corrected chi connectivity index (χ2v) is 9.04. The number of carbonyl (C=O) groups is 1. The number of esters is 1. The van der Waals surface area contributed by atoms with Crippen LogP contribution in [0.2, 0.25) is 0 Å². The zero-order chi connectivity index (χ0) is 25.2.